The molecule has 2 heteroatoms. The molecule has 1 saturated carbocycles. The lowest BCUT2D eigenvalue weighted by atomic mass is 9.89. The molecule has 0 amide bonds. The fraction of sp³-hybridized carbons (Fsp3) is 1.00. The van der Waals surface area contributed by atoms with Gasteiger partial charge in [0, 0.05) is 18.6 Å². The van der Waals surface area contributed by atoms with Gasteiger partial charge < -0.3 is 10.6 Å². The Bertz CT molecular complexity index is 181. The summed E-state index contributed by atoms with van der Waals surface area (Å²) >= 11 is 0. The van der Waals surface area contributed by atoms with Crippen molar-refractivity contribution in [1.29, 1.82) is 0 Å². The fourth-order valence-electron chi connectivity index (χ4n) is 3.06. The molecule has 0 radical (unpaired) electrons. The number of nitrogens with zero attached hydrogens (tertiary/aromatic N) is 1. The molecule has 17 heavy (non-hydrogen) atoms. The molecule has 0 saturated heterocycles. The summed E-state index contributed by atoms with van der Waals surface area (Å²) in [5, 5.41) is 0. The summed E-state index contributed by atoms with van der Waals surface area (Å²) in [6, 6.07) is 1.29. The van der Waals surface area contributed by atoms with Crippen molar-refractivity contribution in [3.63, 3.8) is 0 Å². The van der Waals surface area contributed by atoms with Crippen LogP contribution in [-0.4, -0.2) is 30.1 Å². The van der Waals surface area contributed by atoms with E-state index in [-0.39, 0.29) is 0 Å². The van der Waals surface area contributed by atoms with Crippen molar-refractivity contribution in [2.75, 3.05) is 13.1 Å². The van der Waals surface area contributed by atoms with Gasteiger partial charge in [0.2, 0.25) is 0 Å². The minimum absolute atomic E-state index is 0.475. The van der Waals surface area contributed by atoms with Gasteiger partial charge in [-0.1, -0.05) is 33.6 Å². The van der Waals surface area contributed by atoms with Gasteiger partial charge in [-0.3, -0.25) is 0 Å². The van der Waals surface area contributed by atoms with Crippen LogP contribution in [-0.2, 0) is 0 Å². The minimum atomic E-state index is 0.475. The topological polar surface area (TPSA) is 29.3 Å². The van der Waals surface area contributed by atoms with Gasteiger partial charge in [0.1, 0.15) is 0 Å². The van der Waals surface area contributed by atoms with Crippen LogP contribution in [0, 0.1) is 5.92 Å². The van der Waals surface area contributed by atoms with Gasteiger partial charge in [-0.15, -0.1) is 0 Å². The van der Waals surface area contributed by atoms with E-state index in [1.54, 1.807) is 0 Å². The molecule has 102 valence electrons. The van der Waals surface area contributed by atoms with Crippen LogP contribution in [0.1, 0.15) is 65.7 Å². The van der Waals surface area contributed by atoms with Crippen LogP contribution in [0.4, 0.5) is 0 Å². The second-order valence-electron chi connectivity index (χ2n) is 5.75. The number of rotatable bonds is 7. The Balaban J connectivity index is 2.46. The van der Waals surface area contributed by atoms with Gasteiger partial charge in [-0.25, -0.2) is 0 Å². The van der Waals surface area contributed by atoms with E-state index in [0.717, 1.165) is 12.0 Å². The van der Waals surface area contributed by atoms with E-state index in [2.05, 4.69) is 25.7 Å². The SMILES string of the molecule is CCCN(CC(CC)CC)C1CCC(N)CC1. The summed E-state index contributed by atoms with van der Waals surface area (Å²) in [4.78, 5) is 2.75. The molecule has 0 aromatic heterocycles. The molecule has 2 N–H and O–H groups in total. The predicted molar refractivity (Wildman–Crippen MR) is 76.2 cm³/mol. The van der Waals surface area contributed by atoms with E-state index in [4.69, 9.17) is 5.73 Å². The van der Waals surface area contributed by atoms with Gasteiger partial charge in [0.25, 0.3) is 0 Å². The van der Waals surface area contributed by atoms with E-state index in [0.29, 0.717) is 6.04 Å². The Morgan fingerprint density at radius 1 is 1.06 bits per heavy atom. The van der Waals surface area contributed by atoms with E-state index in [9.17, 15) is 0 Å². The first kappa shape index (κ1) is 15.0. The second-order valence-corrected chi connectivity index (χ2v) is 5.75. The van der Waals surface area contributed by atoms with Crippen LogP contribution >= 0.6 is 0 Å². The molecule has 2 nitrogen and oxygen atoms in total. The maximum Gasteiger partial charge on any atom is 0.00965 e. The van der Waals surface area contributed by atoms with Crippen LogP contribution in [0.5, 0.6) is 0 Å². The first-order chi connectivity index (χ1) is 8.21. The molecule has 1 fully saturated rings. The first-order valence-corrected chi connectivity index (χ1v) is 7.70. The maximum absolute atomic E-state index is 6.01. The van der Waals surface area contributed by atoms with Gasteiger partial charge in [0.15, 0.2) is 0 Å². The first-order valence-electron chi connectivity index (χ1n) is 7.70. The van der Waals surface area contributed by atoms with Crippen molar-refractivity contribution < 1.29 is 0 Å². The van der Waals surface area contributed by atoms with Crippen molar-refractivity contribution in [2.24, 2.45) is 11.7 Å². The van der Waals surface area contributed by atoms with Crippen molar-refractivity contribution in [3.8, 4) is 0 Å². The van der Waals surface area contributed by atoms with Crippen molar-refractivity contribution in [2.45, 2.75) is 77.8 Å². The maximum atomic E-state index is 6.01. The van der Waals surface area contributed by atoms with Crippen LogP contribution in [0.3, 0.4) is 0 Å². The highest BCUT2D eigenvalue weighted by Crippen LogP contribution is 2.24. The van der Waals surface area contributed by atoms with Crippen molar-refractivity contribution >= 4 is 0 Å². The van der Waals surface area contributed by atoms with Crippen molar-refractivity contribution in [3.05, 3.63) is 0 Å². The van der Waals surface area contributed by atoms with E-state index >= 15 is 0 Å². The lowest BCUT2D eigenvalue weighted by Crippen LogP contribution is -2.43. The van der Waals surface area contributed by atoms with E-state index in [1.165, 1.54) is 58.0 Å². The molecule has 0 aromatic carbocycles. The second kappa shape index (κ2) is 8.10. The molecular formula is C15H32N2. The molecule has 0 bridgehead atoms. The fourth-order valence-corrected chi connectivity index (χ4v) is 3.06. The molecule has 0 atom stereocenters. The van der Waals surface area contributed by atoms with Gasteiger partial charge >= 0.3 is 0 Å². The minimum Gasteiger partial charge on any atom is -0.328 e. The van der Waals surface area contributed by atoms with Crippen molar-refractivity contribution in [1.82, 2.24) is 4.90 Å². The highest BCUT2D eigenvalue weighted by molar-refractivity contribution is 4.82. The largest absolute Gasteiger partial charge is 0.328 e. The third kappa shape index (κ3) is 4.97. The zero-order valence-corrected chi connectivity index (χ0v) is 12.1. The highest BCUT2D eigenvalue weighted by Gasteiger charge is 2.24. The molecule has 0 spiro atoms. The molecule has 0 aromatic rings. The van der Waals surface area contributed by atoms with Gasteiger partial charge in [0.05, 0.1) is 0 Å². The Labute approximate surface area is 108 Å². The third-order valence-electron chi connectivity index (χ3n) is 4.42. The summed E-state index contributed by atoms with van der Waals surface area (Å²) in [6.45, 7) is 9.54. The van der Waals surface area contributed by atoms with E-state index in [1.807, 2.05) is 0 Å². The van der Waals surface area contributed by atoms with Crippen LogP contribution in [0.2, 0.25) is 0 Å². The molecule has 0 heterocycles. The zero-order chi connectivity index (χ0) is 12.7. The number of nitrogens with two attached hydrogens (primary N) is 1. The Morgan fingerprint density at radius 2 is 1.65 bits per heavy atom. The average Bonchev–Trinajstić information content (AvgIpc) is 2.35. The molecule has 1 aliphatic rings. The Kier molecular flexibility index (Phi) is 7.14. The molecule has 1 aliphatic carbocycles. The average molecular weight is 240 g/mol. The van der Waals surface area contributed by atoms with Crippen LogP contribution in [0.25, 0.3) is 0 Å². The smallest absolute Gasteiger partial charge is 0.00965 e. The van der Waals surface area contributed by atoms with Gasteiger partial charge in [-0.05, 0) is 44.6 Å². The predicted octanol–water partition coefficient (Wildman–Crippen LogP) is 3.40. The van der Waals surface area contributed by atoms with Gasteiger partial charge in [-0.2, -0.15) is 0 Å². The van der Waals surface area contributed by atoms with Crippen LogP contribution in [0.15, 0.2) is 0 Å². The van der Waals surface area contributed by atoms with E-state index < -0.39 is 0 Å². The summed E-state index contributed by atoms with van der Waals surface area (Å²) in [5.41, 5.74) is 6.01. The summed E-state index contributed by atoms with van der Waals surface area (Å²) in [5.74, 6) is 0.886. The summed E-state index contributed by atoms with van der Waals surface area (Å²) < 4.78 is 0. The number of hydrogen-bond donors (Lipinski definition) is 1. The third-order valence-corrected chi connectivity index (χ3v) is 4.42. The molecular weight excluding hydrogens is 208 g/mol. The lowest BCUT2D eigenvalue weighted by Gasteiger charge is -2.37. The summed E-state index contributed by atoms with van der Waals surface area (Å²) in [6.07, 6.45) is 9.03. The monoisotopic (exact) mass is 240 g/mol. The van der Waals surface area contributed by atoms with Crippen LogP contribution < -0.4 is 5.73 Å². The summed E-state index contributed by atoms with van der Waals surface area (Å²) in [7, 11) is 0. The highest BCUT2D eigenvalue weighted by atomic mass is 15.2. The lowest BCUT2D eigenvalue weighted by molar-refractivity contribution is 0.125. The molecule has 1 rings (SSSR count). The number of hydrogen-bond acceptors (Lipinski definition) is 2. The Morgan fingerprint density at radius 3 is 2.12 bits per heavy atom. The standard InChI is InChI=1S/C15H32N2/c1-4-11-17(12-13(5-2)6-3)15-9-7-14(16)8-10-15/h13-15H,4-12,16H2,1-3H3. The normalized spacial score (nSPS) is 25.8. The molecule has 0 unspecified atom stereocenters. The quantitative estimate of drug-likeness (QED) is 0.739. The Hall–Kier alpha value is -0.0800. The molecule has 0 aliphatic heterocycles. The zero-order valence-electron chi connectivity index (χ0n) is 12.1.